The number of hydrogen-bond donors (Lipinski definition) is 2. The number of anilines is 1. The minimum Gasteiger partial charge on any atom is -0.497 e. The Morgan fingerprint density at radius 3 is 2.65 bits per heavy atom. The second-order valence-corrected chi connectivity index (χ2v) is 4.50. The second kappa shape index (κ2) is 5.20. The maximum Gasteiger partial charge on any atom is 0.337 e. The maximum absolute atomic E-state index is 11.9. The predicted octanol–water partition coefficient (Wildman–Crippen LogP) is 0.232. The van der Waals surface area contributed by atoms with Crippen LogP contribution in [0.5, 0.6) is 5.75 Å². The molecule has 1 unspecified atom stereocenters. The summed E-state index contributed by atoms with van der Waals surface area (Å²) >= 11 is 0. The Balaban J connectivity index is 2.43. The normalized spacial score (nSPS) is 18.1. The number of rotatable bonds is 4. The molecule has 2 amide bonds. The highest BCUT2D eigenvalue weighted by Gasteiger charge is 2.35. The van der Waals surface area contributed by atoms with Crippen molar-refractivity contribution in [3.63, 3.8) is 0 Å². The summed E-state index contributed by atoms with van der Waals surface area (Å²) < 4.78 is 5.04. The van der Waals surface area contributed by atoms with Crippen LogP contribution in [0.1, 0.15) is 16.8 Å². The lowest BCUT2D eigenvalue weighted by Crippen LogP contribution is -2.29. The number of methoxy groups -OCH3 is 1. The van der Waals surface area contributed by atoms with Crippen LogP contribution in [0.4, 0.5) is 5.69 Å². The Morgan fingerprint density at radius 2 is 2.15 bits per heavy atom. The molecule has 1 aromatic carbocycles. The van der Waals surface area contributed by atoms with Gasteiger partial charge in [0.05, 0.1) is 24.3 Å². The number of carboxylic acids is 1. The smallest absolute Gasteiger partial charge is 0.337 e. The standard InChI is InChI=1S/C13H14N2O5/c1-20-8-2-3-9(13(18)19)10(5-8)15-6-7(12(14)17)4-11(15)16/h2-3,5,7H,4,6H2,1H3,(H2,14,17)(H,18,19). The van der Waals surface area contributed by atoms with Crippen LogP contribution in [-0.4, -0.2) is 36.5 Å². The molecule has 1 fully saturated rings. The summed E-state index contributed by atoms with van der Waals surface area (Å²) in [5, 5.41) is 9.18. The van der Waals surface area contributed by atoms with E-state index in [0.717, 1.165) is 0 Å². The van der Waals surface area contributed by atoms with Crippen LogP contribution in [0, 0.1) is 5.92 Å². The molecule has 0 aromatic heterocycles. The number of amides is 2. The van der Waals surface area contributed by atoms with Crippen LogP contribution in [0.3, 0.4) is 0 Å². The third-order valence-electron chi connectivity index (χ3n) is 3.25. The van der Waals surface area contributed by atoms with E-state index in [1.165, 1.54) is 30.2 Å². The average molecular weight is 278 g/mol. The molecule has 1 aliphatic rings. The van der Waals surface area contributed by atoms with Gasteiger partial charge < -0.3 is 20.5 Å². The molecule has 1 aliphatic heterocycles. The number of nitrogens with zero attached hydrogens (tertiary/aromatic N) is 1. The molecule has 0 bridgehead atoms. The number of aromatic carboxylic acids is 1. The quantitative estimate of drug-likeness (QED) is 0.819. The molecule has 3 N–H and O–H groups in total. The van der Waals surface area contributed by atoms with Crippen LogP contribution in [0.2, 0.25) is 0 Å². The molecule has 20 heavy (non-hydrogen) atoms. The lowest BCUT2D eigenvalue weighted by atomic mass is 10.1. The maximum atomic E-state index is 11.9. The van der Waals surface area contributed by atoms with Crippen molar-refractivity contribution in [3.8, 4) is 5.75 Å². The molecule has 106 valence electrons. The van der Waals surface area contributed by atoms with E-state index in [-0.39, 0.29) is 30.1 Å². The van der Waals surface area contributed by atoms with Crippen molar-refractivity contribution in [1.29, 1.82) is 0 Å². The summed E-state index contributed by atoms with van der Waals surface area (Å²) in [6, 6.07) is 4.32. The molecule has 7 heteroatoms. The number of carbonyl (C=O) groups excluding carboxylic acids is 2. The fourth-order valence-corrected chi connectivity index (χ4v) is 2.17. The van der Waals surface area contributed by atoms with Crippen molar-refractivity contribution in [2.75, 3.05) is 18.6 Å². The van der Waals surface area contributed by atoms with E-state index in [2.05, 4.69) is 0 Å². The molecule has 1 heterocycles. The summed E-state index contributed by atoms with van der Waals surface area (Å²) in [6.45, 7) is 0.0849. The monoisotopic (exact) mass is 278 g/mol. The molecule has 0 saturated carbocycles. The zero-order valence-corrected chi connectivity index (χ0v) is 10.8. The second-order valence-electron chi connectivity index (χ2n) is 4.50. The molecule has 0 radical (unpaired) electrons. The molecule has 1 aromatic rings. The highest BCUT2D eigenvalue weighted by molar-refractivity contribution is 6.05. The number of benzene rings is 1. The van der Waals surface area contributed by atoms with Gasteiger partial charge in [0.25, 0.3) is 0 Å². The minimum atomic E-state index is -1.15. The molecule has 2 rings (SSSR count). The molecule has 1 atom stereocenters. The third-order valence-corrected chi connectivity index (χ3v) is 3.25. The Bertz CT molecular complexity index is 584. The van der Waals surface area contributed by atoms with Crippen LogP contribution in [-0.2, 0) is 9.59 Å². The SMILES string of the molecule is COc1ccc(C(=O)O)c(N2CC(C(N)=O)CC2=O)c1. The number of ether oxygens (including phenoxy) is 1. The first-order valence-electron chi connectivity index (χ1n) is 5.95. The van der Waals surface area contributed by atoms with Gasteiger partial charge in [0.15, 0.2) is 0 Å². The van der Waals surface area contributed by atoms with E-state index >= 15 is 0 Å². The molecule has 7 nitrogen and oxygen atoms in total. The minimum absolute atomic E-state index is 0.00833. The fraction of sp³-hybridized carbons (Fsp3) is 0.308. The topological polar surface area (TPSA) is 110 Å². The van der Waals surface area contributed by atoms with Crippen molar-refractivity contribution in [2.24, 2.45) is 11.7 Å². The predicted molar refractivity (Wildman–Crippen MR) is 69.6 cm³/mol. The van der Waals surface area contributed by atoms with Crippen molar-refractivity contribution in [3.05, 3.63) is 23.8 Å². The van der Waals surface area contributed by atoms with E-state index in [0.29, 0.717) is 5.75 Å². The summed E-state index contributed by atoms with van der Waals surface area (Å²) in [6.07, 6.45) is -0.00833. The van der Waals surface area contributed by atoms with Crippen molar-refractivity contribution in [1.82, 2.24) is 0 Å². The van der Waals surface area contributed by atoms with E-state index in [9.17, 15) is 19.5 Å². The van der Waals surface area contributed by atoms with Gasteiger partial charge in [-0.25, -0.2) is 4.79 Å². The zero-order valence-electron chi connectivity index (χ0n) is 10.8. The number of carbonyl (C=O) groups is 3. The largest absolute Gasteiger partial charge is 0.497 e. The zero-order chi connectivity index (χ0) is 14.9. The lowest BCUT2D eigenvalue weighted by molar-refractivity contribution is -0.123. The first-order chi connectivity index (χ1) is 9.43. The first kappa shape index (κ1) is 13.9. The summed E-state index contributed by atoms with van der Waals surface area (Å²) in [5.41, 5.74) is 5.39. The number of hydrogen-bond acceptors (Lipinski definition) is 4. The van der Waals surface area contributed by atoms with Crippen LogP contribution < -0.4 is 15.4 Å². The fourth-order valence-electron chi connectivity index (χ4n) is 2.17. The van der Waals surface area contributed by atoms with Gasteiger partial charge in [0, 0.05) is 19.0 Å². The number of primary amides is 1. The lowest BCUT2D eigenvalue weighted by Gasteiger charge is -2.19. The van der Waals surface area contributed by atoms with Crippen LogP contribution in [0.15, 0.2) is 18.2 Å². The molecular formula is C13H14N2O5. The van der Waals surface area contributed by atoms with Gasteiger partial charge in [-0.15, -0.1) is 0 Å². The van der Waals surface area contributed by atoms with E-state index < -0.39 is 17.8 Å². The third kappa shape index (κ3) is 2.42. The Morgan fingerprint density at radius 1 is 1.45 bits per heavy atom. The van der Waals surface area contributed by atoms with Crippen molar-refractivity contribution in [2.45, 2.75) is 6.42 Å². The number of nitrogens with two attached hydrogens (primary N) is 1. The first-order valence-corrected chi connectivity index (χ1v) is 5.95. The van der Waals surface area contributed by atoms with Gasteiger partial charge in [-0.1, -0.05) is 0 Å². The molecule has 1 saturated heterocycles. The van der Waals surface area contributed by atoms with E-state index in [1.807, 2.05) is 0 Å². The Hall–Kier alpha value is -2.57. The van der Waals surface area contributed by atoms with E-state index in [1.54, 1.807) is 0 Å². The van der Waals surface area contributed by atoms with Crippen LogP contribution >= 0.6 is 0 Å². The van der Waals surface area contributed by atoms with E-state index in [4.69, 9.17) is 10.5 Å². The highest BCUT2D eigenvalue weighted by Crippen LogP contribution is 2.31. The van der Waals surface area contributed by atoms with Crippen LogP contribution in [0.25, 0.3) is 0 Å². The van der Waals surface area contributed by atoms with Gasteiger partial charge in [-0.3, -0.25) is 9.59 Å². The van der Waals surface area contributed by atoms with Gasteiger partial charge in [-0.05, 0) is 12.1 Å². The van der Waals surface area contributed by atoms with Crippen molar-refractivity contribution < 1.29 is 24.2 Å². The van der Waals surface area contributed by atoms with Gasteiger partial charge in [-0.2, -0.15) is 0 Å². The summed E-state index contributed by atoms with van der Waals surface area (Å²) in [5.74, 6) is -2.22. The highest BCUT2D eigenvalue weighted by atomic mass is 16.5. The number of carboxylic acid groups (broad SMARTS) is 1. The Labute approximate surface area is 114 Å². The average Bonchev–Trinajstić information content (AvgIpc) is 2.80. The Kier molecular flexibility index (Phi) is 3.60. The van der Waals surface area contributed by atoms with Gasteiger partial charge in [0.2, 0.25) is 11.8 Å². The summed E-state index contributed by atoms with van der Waals surface area (Å²) in [4.78, 5) is 35.6. The summed E-state index contributed by atoms with van der Waals surface area (Å²) in [7, 11) is 1.44. The van der Waals surface area contributed by atoms with Crippen molar-refractivity contribution >= 4 is 23.5 Å². The van der Waals surface area contributed by atoms with Gasteiger partial charge in [0.1, 0.15) is 5.75 Å². The molecule has 0 aliphatic carbocycles. The molecular weight excluding hydrogens is 264 g/mol. The molecule has 0 spiro atoms. The van der Waals surface area contributed by atoms with Gasteiger partial charge >= 0.3 is 5.97 Å².